The molecule has 10 heteroatoms. The van der Waals surface area contributed by atoms with E-state index in [0.717, 1.165) is 0 Å². The van der Waals surface area contributed by atoms with Crippen LogP contribution in [0.4, 0.5) is 4.79 Å². The number of rotatable bonds is 4. The van der Waals surface area contributed by atoms with Gasteiger partial charge in [0.05, 0.1) is 5.54 Å². The Kier molecular flexibility index (Phi) is 3.62. The summed E-state index contributed by atoms with van der Waals surface area (Å²) in [7, 11) is -3.80. The van der Waals surface area contributed by atoms with Crippen LogP contribution < -0.4 is 0 Å². The van der Waals surface area contributed by atoms with Crippen LogP contribution in [0.1, 0.15) is 13.3 Å². The van der Waals surface area contributed by atoms with Crippen molar-refractivity contribution in [3.63, 3.8) is 0 Å². The maximum Gasteiger partial charge on any atom is 0.410 e. The monoisotopic (exact) mass is 366 g/mol. The zero-order valence-electron chi connectivity index (χ0n) is 13.6. The molecule has 0 spiro atoms. The highest BCUT2D eigenvalue weighted by Gasteiger charge is 2.52. The predicted molar refractivity (Wildman–Crippen MR) is 86.1 cm³/mol. The van der Waals surface area contributed by atoms with Gasteiger partial charge in [0.1, 0.15) is 12.3 Å². The van der Waals surface area contributed by atoms with Gasteiger partial charge in [-0.1, -0.05) is 6.92 Å². The molecule has 0 aliphatic carbocycles. The van der Waals surface area contributed by atoms with Gasteiger partial charge in [0, 0.05) is 25.8 Å². The molecule has 2 aromatic heterocycles. The molecule has 1 N–H and O–H groups in total. The second kappa shape index (κ2) is 5.60. The Hall–Kier alpha value is -2.33. The zero-order chi connectivity index (χ0) is 17.7. The number of nitrogens with zero attached hydrogens (tertiary/aromatic N) is 3. The van der Waals surface area contributed by atoms with Crippen LogP contribution in [0.5, 0.6) is 0 Å². The predicted octanol–water partition coefficient (Wildman–Crippen LogP) is 1.27. The van der Waals surface area contributed by atoms with Crippen LogP contribution in [-0.2, 0) is 14.8 Å². The van der Waals surface area contributed by atoms with Gasteiger partial charge in [-0.05, 0) is 24.6 Å². The van der Waals surface area contributed by atoms with E-state index in [2.05, 4.69) is 10.2 Å². The number of amides is 1. The third-order valence-corrected chi connectivity index (χ3v) is 6.62. The van der Waals surface area contributed by atoms with E-state index in [9.17, 15) is 13.2 Å². The number of carbonyl (C=O) groups excluding carboxylic acids is 1. The highest BCUT2D eigenvalue weighted by molar-refractivity contribution is 7.89. The van der Waals surface area contributed by atoms with E-state index in [1.807, 2.05) is 6.92 Å². The molecule has 0 aromatic carbocycles. The average molecular weight is 366 g/mol. The van der Waals surface area contributed by atoms with Gasteiger partial charge < -0.3 is 9.15 Å². The van der Waals surface area contributed by atoms with Crippen molar-refractivity contribution >= 4 is 16.1 Å². The number of piperazine rings is 1. The summed E-state index contributed by atoms with van der Waals surface area (Å²) in [4.78, 5) is 13.5. The molecule has 2 aliphatic rings. The first-order chi connectivity index (χ1) is 12.0. The lowest BCUT2D eigenvalue weighted by atomic mass is 9.94. The summed E-state index contributed by atoms with van der Waals surface area (Å²) >= 11 is 0. The van der Waals surface area contributed by atoms with Gasteiger partial charge in [0.25, 0.3) is 10.0 Å². The number of furan rings is 1. The minimum absolute atomic E-state index is 0.123. The first kappa shape index (κ1) is 16.2. The summed E-state index contributed by atoms with van der Waals surface area (Å²) in [6, 6.07) is 4.73. The lowest BCUT2D eigenvalue weighted by molar-refractivity contribution is 0.0877. The number of ether oxygens (including phenoxy) is 1. The summed E-state index contributed by atoms with van der Waals surface area (Å²) in [5.74, 6) is 0.402. The van der Waals surface area contributed by atoms with E-state index in [-0.39, 0.29) is 30.9 Å². The molecular weight excluding hydrogens is 348 g/mol. The van der Waals surface area contributed by atoms with Gasteiger partial charge in [-0.2, -0.15) is 9.40 Å². The van der Waals surface area contributed by atoms with Crippen molar-refractivity contribution in [2.45, 2.75) is 24.0 Å². The lowest BCUT2D eigenvalue weighted by Gasteiger charge is -2.43. The van der Waals surface area contributed by atoms with Crippen molar-refractivity contribution < 1.29 is 22.4 Å². The molecule has 134 valence electrons. The molecule has 9 nitrogen and oxygen atoms in total. The van der Waals surface area contributed by atoms with Crippen LogP contribution >= 0.6 is 0 Å². The van der Waals surface area contributed by atoms with Crippen molar-refractivity contribution in [2.75, 3.05) is 26.2 Å². The largest absolute Gasteiger partial charge is 0.447 e. The molecule has 2 fully saturated rings. The molecule has 1 atom stereocenters. The van der Waals surface area contributed by atoms with Gasteiger partial charge in [-0.3, -0.25) is 10.00 Å². The minimum atomic E-state index is -3.80. The fraction of sp³-hybridized carbons (Fsp3) is 0.467. The number of hydrogen-bond donors (Lipinski definition) is 1. The van der Waals surface area contributed by atoms with Crippen LogP contribution in [-0.4, -0.2) is 65.7 Å². The Morgan fingerprint density at radius 2 is 2.16 bits per heavy atom. The summed E-state index contributed by atoms with van der Waals surface area (Å²) in [5, 5.41) is 6.44. The number of sulfonamides is 1. The fourth-order valence-corrected chi connectivity index (χ4v) is 4.78. The highest BCUT2D eigenvalue weighted by atomic mass is 32.2. The first-order valence-electron chi connectivity index (χ1n) is 8.00. The van der Waals surface area contributed by atoms with Gasteiger partial charge in [0.15, 0.2) is 5.76 Å². The second-order valence-corrected chi connectivity index (χ2v) is 8.08. The number of nitrogens with one attached hydrogen (secondary N) is 1. The summed E-state index contributed by atoms with van der Waals surface area (Å²) in [6.07, 6.45) is 1.80. The van der Waals surface area contributed by atoms with Crippen LogP contribution in [0.15, 0.2) is 33.9 Å². The molecule has 1 amide bonds. The second-order valence-electron chi connectivity index (χ2n) is 6.21. The van der Waals surface area contributed by atoms with Crippen LogP contribution in [0.25, 0.3) is 11.5 Å². The Morgan fingerprint density at radius 3 is 2.88 bits per heavy atom. The third-order valence-electron chi connectivity index (χ3n) is 4.90. The third kappa shape index (κ3) is 2.44. The molecule has 25 heavy (non-hydrogen) atoms. The average Bonchev–Trinajstić information content (AvgIpc) is 3.34. The Bertz CT molecular complexity index is 891. The molecule has 4 heterocycles. The fourth-order valence-electron chi connectivity index (χ4n) is 3.36. The van der Waals surface area contributed by atoms with Gasteiger partial charge in [-0.25, -0.2) is 13.2 Å². The Balaban J connectivity index is 1.62. The SMILES string of the molecule is CCC12COC(=O)N1CCN(S(=O)(=O)c1ccc(-c3ccn[nH]3)o1)C2. The van der Waals surface area contributed by atoms with Crippen molar-refractivity contribution in [3.05, 3.63) is 24.4 Å². The molecule has 0 radical (unpaired) electrons. The molecule has 4 rings (SSSR count). The molecule has 2 aliphatic heterocycles. The molecule has 0 bridgehead atoms. The van der Waals surface area contributed by atoms with Crippen LogP contribution in [0.3, 0.4) is 0 Å². The standard InChI is InChI=1S/C15H18N4O5S/c1-2-15-9-18(7-8-19(15)14(20)23-10-15)25(21,22)13-4-3-12(24-13)11-5-6-16-17-11/h3-6H,2,7-10H2,1H3,(H,16,17). The first-order valence-corrected chi connectivity index (χ1v) is 9.44. The van der Waals surface area contributed by atoms with E-state index in [4.69, 9.17) is 9.15 Å². The van der Waals surface area contributed by atoms with Gasteiger partial charge >= 0.3 is 6.09 Å². The quantitative estimate of drug-likeness (QED) is 0.873. The molecular formula is C15H18N4O5S. The number of carbonyl (C=O) groups is 1. The summed E-state index contributed by atoms with van der Waals surface area (Å²) in [6.45, 7) is 2.83. The van der Waals surface area contributed by atoms with Gasteiger partial charge in [-0.15, -0.1) is 0 Å². The Labute approximate surface area is 144 Å². The number of fused-ring (bicyclic) bond motifs is 1. The lowest BCUT2D eigenvalue weighted by Crippen LogP contribution is -2.62. The number of H-pyrrole nitrogens is 1. The van der Waals surface area contributed by atoms with Crippen molar-refractivity contribution in [3.8, 4) is 11.5 Å². The number of hydrogen-bond acceptors (Lipinski definition) is 6. The Morgan fingerprint density at radius 1 is 1.32 bits per heavy atom. The number of aromatic nitrogens is 2. The van der Waals surface area contributed by atoms with E-state index in [1.54, 1.807) is 23.2 Å². The van der Waals surface area contributed by atoms with E-state index in [1.165, 1.54) is 10.4 Å². The number of cyclic esters (lactones) is 1. The topological polar surface area (TPSA) is 109 Å². The maximum absolute atomic E-state index is 13.0. The number of aromatic amines is 1. The summed E-state index contributed by atoms with van der Waals surface area (Å²) in [5.41, 5.74) is -0.00706. The van der Waals surface area contributed by atoms with E-state index < -0.39 is 15.6 Å². The van der Waals surface area contributed by atoms with Crippen molar-refractivity contribution in [1.82, 2.24) is 19.4 Å². The smallest absolute Gasteiger partial charge is 0.410 e. The van der Waals surface area contributed by atoms with E-state index in [0.29, 0.717) is 24.4 Å². The van der Waals surface area contributed by atoms with Crippen molar-refractivity contribution in [1.29, 1.82) is 0 Å². The van der Waals surface area contributed by atoms with Crippen LogP contribution in [0.2, 0.25) is 0 Å². The van der Waals surface area contributed by atoms with E-state index >= 15 is 0 Å². The maximum atomic E-state index is 13.0. The van der Waals surface area contributed by atoms with Gasteiger partial charge in [0.2, 0.25) is 5.09 Å². The zero-order valence-corrected chi connectivity index (χ0v) is 14.5. The highest BCUT2D eigenvalue weighted by Crippen LogP contribution is 2.34. The van der Waals surface area contributed by atoms with Crippen molar-refractivity contribution in [2.24, 2.45) is 0 Å². The summed E-state index contributed by atoms with van der Waals surface area (Å²) < 4.78 is 38.0. The molecule has 2 aromatic rings. The molecule has 2 saturated heterocycles. The normalized spacial score (nSPS) is 24.4. The minimum Gasteiger partial charge on any atom is -0.447 e. The van der Waals surface area contributed by atoms with Crippen LogP contribution in [0, 0.1) is 0 Å². The molecule has 0 saturated carbocycles. The molecule has 1 unspecified atom stereocenters.